The first-order valence-corrected chi connectivity index (χ1v) is 9.01. The van der Waals surface area contributed by atoms with Gasteiger partial charge in [-0.1, -0.05) is 35.5 Å². The quantitative estimate of drug-likeness (QED) is 0.707. The summed E-state index contributed by atoms with van der Waals surface area (Å²) in [5.41, 5.74) is 6.66. The van der Waals surface area contributed by atoms with Crippen LogP contribution in [0.25, 0.3) is 0 Å². The molecule has 1 fully saturated rings. The van der Waals surface area contributed by atoms with Crippen LogP contribution < -0.4 is 11.1 Å². The first-order valence-electron chi connectivity index (χ1n) is 9.01. The number of carbonyl (C=O) groups excluding carboxylic acids is 2. The number of carbonyl (C=O) groups is 2. The molecule has 3 N–H and O–H groups in total. The Bertz CT molecular complexity index is 756. The zero-order valence-electron chi connectivity index (χ0n) is 15.1. The summed E-state index contributed by atoms with van der Waals surface area (Å²) in [5, 5.41) is 6.47. The molecule has 1 aromatic carbocycles. The molecule has 8 nitrogen and oxygen atoms in total. The van der Waals surface area contributed by atoms with Crippen molar-refractivity contribution in [1.82, 2.24) is 15.4 Å². The van der Waals surface area contributed by atoms with Crippen molar-refractivity contribution >= 4 is 11.8 Å². The molecular weight excluding hydrogens is 348 g/mol. The van der Waals surface area contributed by atoms with Crippen molar-refractivity contribution in [1.29, 1.82) is 0 Å². The second-order valence-corrected chi connectivity index (χ2v) is 6.52. The molecule has 2 amide bonds. The molecule has 0 spiro atoms. The average Bonchev–Trinajstić information content (AvgIpc) is 3.15. The Morgan fingerprint density at radius 3 is 2.67 bits per heavy atom. The molecule has 0 aliphatic carbocycles. The van der Waals surface area contributed by atoms with Gasteiger partial charge in [0.1, 0.15) is 6.04 Å². The molecule has 144 valence electrons. The highest BCUT2D eigenvalue weighted by atomic mass is 16.5. The summed E-state index contributed by atoms with van der Waals surface area (Å²) >= 11 is 0. The SMILES string of the molecule is NC(=O)[C@H](CCc1ccccc1)NC(=O)c1cc(CN2CCOCC2)on1. The summed E-state index contributed by atoms with van der Waals surface area (Å²) in [6, 6.07) is 10.6. The van der Waals surface area contributed by atoms with Crippen molar-refractivity contribution in [2.75, 3.05) is 26.3 Å². The third kappa shape index (κ3) is 5.63. The van der Waals surface area contributed by atoms with Gasteiger partial charge in [-0.25, -0.2) is 0 Å². The van der Waals surface area contributed by atoms with Crippen molar-refractivity contribution in [3.8, 4) is 0 Å². The maximum Gasteiger partial charge on any atom is 0.274 e. The number of hydrogen-bond acceptors (Lipinski definition) is 6. The normalized spacial score (nSPS) is 16.0. The lowest BCUT2D eigenvalue weighted by Gasteiger charge is -2.25. The fourth-order valence-electron chi connectivity index (χ4n) is 2.95. The molecule has 0 radical (unpaired) electrons. The van der Waals surface area contributed by atoms with E-state index < -0.39 is 17.9 Å². The molecule has 1 aliphatic heterocycles. The molecule has 0 saturated carbocycles. The molecule has 1 aromatic heterocycles. The summed E-state index contributed by atoms with van der Waals surface area (Å²) in [5.74, 6) is -0.442. The van der Waals surface area contributed by atoms with Gasteiger partial charge < -0.3 is 20.3 Å². The molecule has 1 atom stereocenters. The minimum atomic E-state index is -0.767. The summed E-state index contributed by atoms with van der Waals surface area (Å²) in [7, 11) is 0. The number of primary amides is 1. The molecule has 27 heavy (non-hydrogen) atoms. The van der Waals surface area contributed by atoms with Crippen LogP contribution in [-0.2, 0) is 22.5 Å². The number of hydrogen-bond donors (Lipinski definition) is 2. The molecular formula is C19H24N4O4. The van der Waals surface area contributed by atoms with Gasteiger partial charge >= 0.3 is 0 Å². The Kier molecular flexibility index (Phi) is 6.56. The number of benzene rings is 1. The van der Waals surface area contributed by atoms with Crippen LogP contribution in [0.4, 0.5) is 0 Å². The van der Waals surface area contributed by atoms with Gasteiger partial charge in [0.2, 0.25) is 5.91 Å². The van der Waals surface area contributed by atoms with E-state index in [4.69, 9.17) is 15.0 Å². The summed E-state index contributed by atoms with van der Waals surface area (Å²) < 4.78 is 10.6. The van der Waals surface area contributed by atoms with Gasteiger partial charge in [-0.05, 0) is 18.4 Å². The van der Waals surface area contributed by atoms with Crippen LogP contribution in [0.3, 0.4) is 0 Å². The maximum atomic E-state index is 12.4. The van der Waals surface area contributed by atoms with E-state index in [1.54, 1.807) is 6.07 Å². The van der Waals surface area contributed by atoms with Crippen molar-refractivity contribution in [3.63, 3.8) is 0 Å². The lowest BCUT2D eigenvalue weighted by Crippen LogP contribution is -2.44. The fraction of sp³-hybridized carbons (Fsp3) is 0.421. The number of aromatic nitrogens is 1. The van der Waals surface area contributed by atoms with Crippen LogP contribution in [0.15, 0.2) is 40.9 Å². The Morgan fingerprint density at radius 2 is 1.96 bits per heavy atom. The van der Waals surface area contributed by atoms with Gasteiger partial charge in [-0.3, -0.25) is 14.5 Å². The number of rotatable bonds is 8. The largest absolute Gasteiger partial charge is 0.379 e. The van der Waals surface area contributed by atoms with E-state index in [0.717, 1.165) is 18.7 Å². The summed E-state index contributed by atoms with van der Waals surface area (Å²) in [4.78, 5) is 26.3. The van der Waals surface area contributed by atoms with Crippen LogP contribution in [0.5, 0.6) is 0 Å². The van der Waals surface area contributed by atoms with Gasteiger partial charge in [0, 0.05) is 19.2 Å². The summed E-state index contributed by atoms with van der Waals surface area (Å²) in [6.07, 6.45) is 1.05. The van der Waals surface area contributed by atoms with Crippen LogP contribution in [-0.4, -0.2) is 54.2 Å². The first kappa shape index (κ1) is 19.1. The zero-order valence-corrected chi connectivity index (χ0v) is 15.1. The Morgan fingerprint density at radius 1 is 1.22 bits per heavy atom. The van der Waals surface area contributed by atoms with Crippen LogP contribution >= 0.6 is 0 Å². The number of amides is 2. The number of morpholine rings is 1. The lowest BCUT2D eigenvalue weighted by atomic mass is 10.0. The predicted octanol–water partition coefficient (Wildman–Crippen LogP) is 0.723. The van der Waals surface area contributed by atoms with Crippen molar-refractivity contribution < 1.29 is 18.8 Å². The zero-order chi connectivity index (χ0) is 19.1. The highest BCUT2D eigenvalue weighted by Crippen LogP contribution is 2.10. The fourth-order valence-corrected chi connectivity index (χ4v) is 2.95. The standard InChI is InChI=1S/C19H24N4O4/c20-18(24)16(7-6-14-4-2-1-3-5-14)21-19(25)17-12-15(27-22-17)13-23-8-10-26-11-9-23/h1-5,12,16H,6-11,13H2,(H2,20,24)(H,21,25)/t16-/m0/s1. The second kappa shape index (κ2) is 9.29. The molecule has 2 aromatic rings. The smallest absolute Gasteiger partial charge is 0.274 e. The van der Waals surface area contributed by atoms with E-state index in [9.17, 15) is 9.59 Å². The number of nitrogens with one attached hydrogen (secondary N) is 1. The third-order valence-electron chi connectivity index (χ3n) is 4.49. The molecule has 2 heterocycles. The first-order chi connectivity index (χ1) is 13.1. The van der Waals surface area contributed by atoms with Crippen LogP contribution in [0, 0.1) is 0 Å². The predicted molar refractivity (Wildman–Crippen MR) is 97.8 cm³/mol. The maximum absolute atomic E-state index is 12.4. The number of aryl methyl sites for hydroxylation is 1. The molecule has 8 heteroatoms. The van der Waals surface area contributed by atoms with Crippen molar-refractivity contribution in [2.45, 2.75) is 25.4 Å². The van der Waals surface area contributed by atoms with E-state index >= 15 is 0 Å². The van der Waals surface area contributed by atoms with Gasteiger partial charge in [0.15, 0.2) is 11.5 Å². The Balaban J connectivity index is 1.54. The van der Waals surface area contributed by atoms with Crippen molar-refractivity contribution in [2.24, 2.45) is 5.73 Å². The van der Waals surface area contributed by atoms with Gasteiger partial charge in [0.05, 0.1) is 19.8 Å². The van der Waals surface area contributed by atoms with Crippen molar-refractivity contribution in [3.05, 3.63) is 53.4 Å². The topological polar surface area (TPSA) is 111 Å². The highest BCUT2D eigenvalue weighted by molar-refractivity contribution is 5.95. The minimum absolute atomic E-state index is 0.143. The molecule has 1 saturated heterocycles. The Labute approximate surface area is 157 Å². The van der Waals surface area contributed by atoms with Crippen LogP contribution in [0.1, 0.15) is 28.2 Å². The highest BCUT2D eigenvalue weighted by Gasteiger charge is 2.22. The van der Waals surface area contributed by atoms with E-state index in [1.807, 2.05) is 30.3 Å². The van der Waals surface area contributed by atoms with Crippen LogP contribution in [0.2, 0.25) is 0 Å². The van der Waals surface area contributed by atoms with E-state index in [-0.39, 0.29) is 5.69 Å². The minimum Gasteiger partial charge on any atom is -0.379 e. The average molecular weight is 372 g/mol. The Hall–Kier alpha value is -2.71. The molecule has 0 unspecified atom stereocenters. The van der Waals surface area contributed by atoms with E-state index in [1.165, 1.54) is 0 Å². The van der Waals surface area contributed by atoms with E-state index in [0.29, 0.717) is 38.4 Å². The molecule has 1 aliphatic rings. The molecule has 0 bridgehead atoms. The third-order valence-corrected chi connectivity index (χ3v) is 4.49. The molecule has 3 rings (SSSR count). The summed E-state index contributed by atoms with van der Waals surface area (Å²) in [6.45, 7) is 3.56. The van der Waals surface area contributed by atoms with Gasteiger partial charge in [-0.2, -0.15) is 0 Å². The van der Waals surface area contributed by atoms with E-state index in [2.05, 4.69) is 15.4 Å². The van der Waals surface area contributed by atoms with Gasteiger partial charge in [0.25, 0.3) is 5.91 Å². The number of nitrogens with zero attached hydrogens (tertiary/aromatic N) is 2. The monoisotopic (exact) mass is 372 g/mol. The number of ether oxygens (including phenoxy) is 1. The van der Waals surface area contributed by atoms with Gasteiger partial charge in [-0.15, -0.1) is 0 Å². The second-order valence-electron chi connectivity index (χ2n) is 6.52. The number of nitrogens with two attached hydrogens (primary N) is 1. The lowest BCUT2D eigenvalue weighted by molar-refractivity contribution is -0.120.